The van der Waals surface area contributed by atoms with E-state index in [4.69, 9.17) is 0 Å². The van der Waals surface area contributed by atoms with Gasteiger partial charge in [0.05, 0.1) is 36.7 Å². The van der Waals surface area contributed by atoms with Gasteiger partial charge in [0.15, 0.2) is 0 Å². The second kappa shape index (κ2) is 9.61. The number of aliphatic hydroxyl groups is 3. The van der Waals surface area contributed by atoms with Gasteiger partial charge in [-0.05, 0) is 48.0 Å². The molecule has 8 nitrogen and oxygen atoms in total. The highest BCUT2D eigenvalue weighted by molar-refractivity contribution is 5.93. The van der Waals surface area contributed by atoms with Crippen LogP contribution in [-0.2, 0) is 12.1 Å². The minimum Gasteiger partial charge on any atom is -0.394 e. The Bertz CT molecular complexity index is 1430. The number of aliphatic hydroxyl groups excluding tert-OH is 2. The summed E-state index contributed by atoms with van der Waals surface area (Å²) in [7, 11) is 2.81. The van der Waals surface area contributed by atoms with E-state index in [0.29, 0.717) is 11.2 Å². The lowest BCUT2D eigenvalue weighted by Gasteiger charge is -2.30. The number of fused-ring (bicyclic) bond motifs is 1. The zero-order chi connectivity index (χ0) is 27.1. The Labute approximate surface area is 208 Å². The lowest BCUT2D eigenvalue weighted by molar-refractivity contribution is -0.248. The van der Waals surface area contributed by atoms with E-state index >= 15 is 0 Å². The Morgan fingerprint density at radius 3 is 2.35 bits per heavy atom. The minimum atomic E-state index is -5.20. The third kappa shape index (κ3) is 4.70. The summed E-state index contributed by atoms with van der Waals surface area (Å²) in [4.78, 5) is 13.8. The van der Waals surface area contributed by atoms with Crippen molar-refractivity contribution in [1.82, 2.24) is 19.2 Å². The third-order valence-corrected chi connectivity index (χ3v) is 6.03. The first kappa shape index (κ1) is 26.3. The largest absolute Gasteiger partial charge is 0.425 e. The van der Waals surface area contributed by atoms with E-state index < -0.39 is 47.3 Å². The first-order chi connectivity index (χ1) is 17.4. The van der Waals surface area contributed by atoms with Crippen LogP contribution in [0.4, 0.5) is 17.6 Å². The maximum absolute atomic E-state index is 14.5. The van der Waals surface area contributed by atoms with Crippen LogP contribution in [0.25, 0.3) is 16.6 Å². The van der Waals surface area contributed by atoms with Crippen LogP contribution in [0.1, 0.15) is 21.6 Å². The summed E-state index contributed by atoms with van der Waals surface area (Å²) in [5.74, 6) is -1.11. The first-order valence-electron chi connectivity index (χ1n) is 11.1. The molecule has 2 heterocycles. The zero-order valence-corrected chi connectivity index (χ0v) is 19.8. The van der Waals surface area contributed by atoms with Crippen LogP contribution in [-0.4, -0.2) is 73.5 Å². The fourth-order valence-electron chi connectivity index (χ4n) is 4.09. The Morgan fingerprint density at radius 2 is 1.76 bits per heavy atom. The summed E-state index contributed by atoms with van der Waals surface area (Å²) in [5, 5.41) is 34.7. The molecule has 37 heavy (non-hydrogen) atoms. The van der Waals surface area contributed by atoms with Gasteiger partial charge in [-0.2, -0.15) is 18.3 Å². The van der Waals surface area contributed by atoms with Crippen molar-refractivity contribution in [3.63, 3.8) is 0 Å². The van der Waals surface area contributed by atoms with Gasteiger partial charge >= 0.3 is 6.18 Å². The fraction of sp³-hybridized carbons (Fsp3) is 0.280. The number of hydrogen-bond acceptors (Lipinski definition) is 5. The molecule has 1 amide bonds. The van der Waals surface area contributed by atoms with E-state index in [1.165, 1.54) is 55.3 Å². The molecule has 4 rings (SSSR count). The number of benzene rings is 2. The molecule has 0 aliphatic carbocycles. The topological polar surface area (TPSA) is 104 Å². The molecule has 196 valence electrons. The van der Waals surface area contributed by atoms with Crippen molar-refractivity contribution >= 4 is 16.8 Å². The van der Waals surface area contributed by atoms with Crippen molar-refractivity contribution in [3.8, 4) is 5.69 Å². The summed E-state index contributed by atoms with van der Waals surface area (Å²) in [6.07, 6.45) is -4.28. The van der Waals surface area contributed by atoms with Gasteiger partial charge < -0.3 is 24.8 Å². The number of nitrogens with zero attached hydrogens (tertiary/aromatic N) is 4. The van der Waals surface area contributed by atoms with E-state index in [1.807, 2.05) is 0 Å². The lowest BCUT2D eigenvalue weighted by atomic mass is 9.86. The number of rotatable bonds is 7. The van der Waals surface area contributed by atoms with Gasteiger partial charge in [-0.1, -0.05) is 6.07 Å². The third-order valence-electron chi connectivity index (χ3n) is 6.03. The molecule has 0 aliphatic heterocycles. The van der Waals surface area contributed by atoms with E-state index in [0.717, 1.165) is 33.9 Å². The molecule has 0 radical (unpaired) electrons. The molecule has 0 fully saturated rings. The van der Waals surface area contributed by atoms with Crippen LogP contribution in [0.2, 0.25) is 0 Å². The number of halogens is 4. The van der Waals surface area contributed by atoms with Crippen LogP contribution < -0.4 is 0 Å². The molecule has 0 saturated carbocycles. The molecule has 0 aliphatic rings. The highest BCUT2D eigenvalue weighted by Gasteiger charge is 2.57. The van der Waals surface area contributed by atoms with Crippen LogP contribution >= 0.6 is 0 Å². The van der Waals surface area contributed by atoms with E-state index in [9.17, 15) is 37.7 Å². The molecule has 2 aromatic heterocycles. The van der Waals surface area contributed by atoms with Crippen molar-refractivity contribution < 1.29 is 37.7 Å². The van der Waals surface area contributed by atoms with E-state index in [2.05, 4.69) is 5.10 Å². The van der Waals surface area contributed by atoms with Gasteiger partial charge in [-0.3, -0.25) is 4.79 Å². The maximum atomic E-state index is 14.5. The molecule has 4 aromatic rings. The summed E-state index contributed by atoms with van der Waals surface area (Å²) in [6, 6.07) is 9.91. The lowest BCUT2D eigenvalue weighted by Crippen LogP contribution is -2.43. The highest BCUT2D eigenvalue weighted by Crippen LogP contribution is 2.45. The number of aromatic nitrogens is 3. The second-order valence-electron chi connectivity index (χ2n) is 8.82. The smallest absolute Gasteiger partial charge is 0.394 e. The molecular weight excluding hydrogens is 496 g/mol. The average Bonchev–Trinajstić information content (AvgIpc) is 3.46. The number of carbonyl (C=O) groups is 1. The predicted octanol–water partition coefficient (Wildman–Crippen LogP) is 2.82. The number of carbonyl (C=O) groups excluding carboxylic acids is 1. The molecule has 2 unspecified atom stereocenters. The molecule has 0 saturated heterocycles. The summed E-state index contributed by atoms with van der Waals surface area (Å²) < 4.78 is 59.3. The van der Waals surface area contributed by atoms with Crippen molar-refractivity contribution in [2.45, 2.75) is 24.4 Å². The monoisotopic (exact) mass is 520 g/mol. The quantitative estimate of drug-likeness (QED) is 0.325. The number of alkyl halides is 3. The van der Waals surface area contributed by atoms with E-state index in [1.54, 1.807) is 0 Å². The van der Waals surface area contributed by atoms with Gasteiger partial charge in [-0.15, -0.1) is 0 Å². The van der Waals surface area contributed by atoms with Gasteiger partial charge in [0.2, 0.25) is 5.60 Å². The molecule has 2 atom stereocenters. The maximum Gasteiger partial charge on any atom is 0.425 e. The highest BCUT2D eigenvalue weighted by atomic mass is 19.4. The van der Waals surface area contributed by atoms with E-state index in [-0.39, 0.29) is 17.6 Å². The molecule has 3 N–H and O–H groups in total. The molecule has 0 spiro atoms. The van der Waals surface area contributed by atoms with Crippen LogP contribution in [0.15, 0.2) is 60.9 Å². The summed E-state index contributed by atoms with van der Waals surface area (Å²) in [6.45, 7) is -1.05. The Balaban J connectivity index is 1.86. The van der Waals surface area contributed by atoms with Crippen LogP contribution in [0, 0.1) is 5.82 Å². The van der Waals surface area contributed by atoms with Crippen molar-refractivity contribution in [2.24, 2.45) is 0 Å². The van der Waals surface area contributed by atoms with Gasteiger partial charge in [0.25, 0.3) is 5.91 Å². The Morgan fingerprint density at radius 1 is 1.08 bits per heavy atom. The van der Waals surface area contributed by atoms with Crippen LogP contribution in [0.3, 0.4) is 0 Å². The van der Waals surface area contributed by atoms with Gasteiger partial charge in [0, 0.05) is 31.2 Å². The Kier molecular flexibility index (Phi) is 6.84. The van der Waals surface area contributed by atoms with Crippen molar-refractivity contribution in [1.29, 1.82) is 0 Å². The normalized spacial score (nSPS) is 14.5. The van der Waals surface area contributed by atoms with Gasteiger partial charge in [0.1, 0.15) is 11.5 Å². The molecular formula is C25H24F4N4O4. The van der Waals surface area contributed by atoms with Crippen molar-refractivity contribution in [3.05, 3.63) is 83.6 Å². The summed E-state index contributed by atoms with van der Waals surface area (Å²) >= 11 is 0. The molecule has 12 heteroatoms. The second-order valence-corrected chi connectivity index (χ2v) is 8.82. The fourth-order valence-corrected chi connectivity index (χ4v) is 4.09. The standard InChI is InChI=1S/C25H24F4N4O4/c1-31(2)23(36)22-10-17(12-32(22)13-20(35)14-34)24(37,25(27,28)29)16-3-8-21-15(9-16)11-30-33(21)19-6-4-18(26)5-7-19/h3-12,20,34-35,37H,13-14H2,1-2H3. The number of hydrogen-bond donors (Lipinski definition) is 3. The number of amides is 1. The average molecular weight is 520 g/mol. The van der Waals surface area contributed by atoms with Gasteiger partial charge in [-0.25, -0.2) is 9.07 Å². The first-order valence-corrected chi connectivity index (χ1v) is 11.1. The predicted molar refractivity (Wildman–Crippen MR) is 126 cm³/mol. The van der Waals surface area contributed by atoms with Crippen LogP contribution in [0.5, 0.6) is 0 Å². The zero-order valence-electron chi connectivity index (χ0n) is 19.8. The van der Waals surface area contributed by atoms with Crippen molar-refractivity contribution in [2.75, 3.05) is 20.7 Å². The molecule has 0 bridgehead atoms. The SMILES string of the molecule is CN(C)C(=O)c1cc(C(O)(c2ccc3c(cnn3-c3ccc(F)cc3)c2)C(F)(F)F)cn1CC(O)CO. The summed E-state index contributed by atoms with van der Waals surface area (Å²) in [5.41, 5.74) is -3.97. The molecule has 2 aromatic carbocycles. The minimum absolute atomic E-state index is 0.208. The Hall–Kier alpha value is -3.74.